The SMILES string of the molecule is C=C1C[C@H]2[C@@H]3CCC(=O)[C@@]3(C)CC[C@@H]2[C@@]2(C)CCC(=NOCCN)C[C@]12O. The summed E-state index contributed by atoms with van der Waals surface area (Å²) in [4.78, 5) is 17.9. The number of Topliss-reactive ketones (excluding diaryl/α,β-unsaturated/α-hetero) is 1. The first-order chi connectivity index (χ1) is 12.8. The number of rotatable bonds is 3. The number of ketones is 1. The highest BCUT2D eigenvalue weighted by atomic mass is 16.6. The summed E-state index contributed by atoms with van der Waals surface area (Å²) in [5.74, 6) is 1.82. The zero-order chi connectivity index (χ0) is 19.4. The first-order valence-corrected chi connectivity index (χ1v) is 10.6. The van der Waals surface area contributed by atoms with Crippen molar-refractivity contribution in [2.75, 3.05) is 13.2 Å². The highest BCUT2D eigenvalue weighted by molar-refractivity contribution is 5.88. The van der Waals surface area contributed by atoms with E-state index in [4.69, 9.17) is 10.6 Å². The van der Waals surface area contributed by atoms with Gasteiger partial charge in [0, 0.05) is 30.2 Å². The van der Waals surface area contributed by atoms with Crippen molar-refractivity contribution in [1.29, 1.82) is 0 Å². The molecule has 4 fully saturated rings. The molecule has 0 aromatic carbocycles. The monoisotopic (exact) mass is 374 g/mol. The van der Waals surface area contributed by atoms with Crippen LogP contribution in [0.4, 0.5) is 0 Å². The third-order valence-corrected chi connectivity index (χ3v) is 8.77. The first-order valence-electron chi connectivity index (χ1n) is 10.6. The predicted octanol–water partition coefficient (Wildman–Crippen LogP) is 3.21. The van der Waals surface area contributed by atoms with E-state index in [1.807, 2.05) is 0 Å². The molecule has 4 aliphatic carbocycles. The summed E-state index contributed by atoms with van der Waals surface area (Å²) in [6.45, 7) is 9.63. The van der Waals surface area contributed by atoms with Gasteiger partial charge in [-0.25, -0.2) is 0 Å². The molecule has 0 aliphatic heterocycles. The molecule has 0 radical (unpaired) electrons. The molecule has 0 saturated heterocycles. The standard InChI is InChI=1S/C22H34N2O3/c1-14-12-16-17-4-5-19(25)20(17,2)8-7-18(16)21(3)9-6-15(13-22(14,21)26)24-27-11-10-23/h16-18,26H,1,4-13,23H2,2-3H3/t16-,17-,18-,20-,21+,22-/m0/s1. The molecule has 4 aliphatic rings. The second-order valence-electron chi connectivity index (χ2n) is 9.84. The van der Waals surface area contributed by atoms with Gasteiger partial charge in [0.05, 0.1) is 11.3 Å². The second kappa shape index (κ2) is 6.41. The smallest absolute Gasteiger partial charge is 0.139 e. The number of hydrogen-bond acceptors (Lipinski definition) is 5. The number of fused-ring (bicyclic) bond motifs is 5. The van der Waals surface area contributed by atoms with Crippen LogP contribution in [-0.2, 0) is 9.63 Å². The molecular formula is C22H34N2O3. The van der Waals surface area contributed by atoms with Crippen molar-refractivity contribution in [2.24, 2.45) is 39.5 Å². The summed E-state index contributed by atoms with van der Waals surface area (Å²) in [6, 6.07) is 0. The van der Waals surface area contributed by atoms with Crippen LogP contribution >= 0.6 is 0 Å². The summed E-state index contributed by atoms with van der Waals surface area (Å²) in [5, 5.41) is 16.1. The number of aliphatic hydroxyl groups is 1. The first kappa shape index (κ1) is 19.1. The van der Waals surface area contributed by atoms with E-state index in [1.165, 1.54) is 0 Å². The number of hydrogen-bond donors (Lipinski definition) is 2. The molecule has 0 spiro atoms. The van der Waals surface area contributed by atoms with Crippen molar-refractivity contribution in [3.05, 3.63) is 12.2 Å². The van der Waals surface area contributed by atoms with Gasteiger partial charge in [-0.05, 0) is 61.9 Å². The highest BCUT2D eigenvalue weighted by Crippen LogP contribution is 2.67. The van der Waals surface area contributed by atoms with Crippen LogP contribution < -0.4 is 5.73 Å². The third-order valence-electron chi connectivity index (χ3n) is 8.77. The lowest BCUT2D eigenvalue weighted by Gasteiger charge is -2.63. The maximum atomic E-state index is 12.6. The van der Waals surface area contributed by atoms with Crippen LogP contribution in [0, 0.1) is 28.6 Å². The summed E-state index contributed by atoms with van der Waals surface area (Å²) >= 11 is 0. The summed E-state index contributed by atoms with van der Waals surface area (Å²) < 4.78 is 0. The zero-order valence-electron chi connectivity index (χ0n) is 16.8. The molecule has 0 aromatic heterocycles. The molecule has 4 saturated carbocycles. The van der Waals surface area contributed by atoms with Gasteiger partial charge in [0.25, 0.3) is 0 Å². The van der Waals surface area contributed by atoms with Gasteiger partial charge < -0.3 is 15.7 Å². The third kappa shape index (κ3) is 2.57. The Hall–Kier alpha value is -1.20. The highest BCUT2D eigenvalue weighted by Gasteiger charge is 2.65. The lowest BCUT2D eigenvalue weighted by atomic mass is 9.43. The van der Waals surface area contributed by atoms with Crippen molar-refractivity contribution in [3.8, 4) is 0 Å². The number of carbonyl (C=O) groups excluding carboxylic acids is 1. The normalized spacial score (nSPS) is 48.1. The van der Waals surface area contributed by atoms with Crippen molar-refractivity contribution >= 4 is 11.5 Å². The molecular weight excluding hydrogens is 340 g/mol. The van der Waals surface area contributed by atoms with Gasteiger partial charge in [-0.1, -0.05) is 25.6 Å². The summed E-state index contributed by atoms with van der Waals surface area (Å²) in [6.07, 6.45) is 6.83. The van der Waals surface area contributed by atoms with E-state index < -0.39 is 5.60 Å². The topological polar surface area (TPSA) is 84.9 Å². The fourth-order valence-corrected chi connectivity index (χ4v) is 7.07. The molecule has 5 heteroatoms. The second-order valence-corrected chi connectivity index (χ2v) is 9.84. The average Bonchev–Trinajstić information content (AvgIpc) is 2.93. The van der Waals surface area contributed by atoms with E-state index in [-0.39, 0.29) is 10.8 Å². The fourth-order valence-electron chi connectivity index (χ4n) is 7.07. The molecule has 0 heterocycles. The number of nitrogens with two attached hydrogens (primary N) is 1. The Morgan fingerprint density at radius 2 is 2.04 bits per heavy atom. The fraction of sp³-hybridized carbons (Fsp3) is 0.818. The largest absolute Gasteiger partial charge is 0.395 e. The zero-order valence-corrected chi connectivity index (χ0v) is 16.8. The molecule has 0 amide bonds. The van der Waals surface area contributed by atoms with Crippen molar-refractivity contribution < 1.29 is 14.7 Å². The maximum absolute atomic E-state index is 12.6. The molecule has 6 atom stereocenters. The van der Waals surface area contributed by atoms with Crippen LogP contribution in [0.1, 0.15) is 65.2 Å². The minimum atomic E-state index is -0.923. The van der Waals surface area contributed by atoms with Crippen LogP contribution in [-0.4, -0.2) is 35.4 Å². The van der Waals surface area contributed by atoms with E-state index >= 15 is 0 Å². The van der Waals surface area contributed by atoms with Gasteiger partial charge in [-0.3, -0.25) is 4.79 Å². The summed E-state index contributed by atoms with van der Waals surface area (Å²) in [7, 11) is 0. The van der Waals surface area contributed by atoms with Crippen LogP contribution in [0.3, 0.4) is 0 Å². The Balaban J connectivity index is 1.63. The van der Waals surface area contributed by atoms with Crippen LogP contribution in [0.15, 0.2) is 17.3 Å². The van der Waals surface area contributed by atoms with Crippen LogP contribution in [0.5, 0.6) is 0 Å². The molecule has 27 heavy (non-hydrogen) atoms. The number of oxime groups is 1. The van der Waals surface area contributed by atoms with Crippen molar-refractivity contribution in [1.82, 2.24) is 0 Å². The molecule has 0 unspecified atom stereocenters. The minimum absolute atomic E-state index is 0.148. The van der Waals surface area contributed by atoms with Crippen molar-refractivity contribution in [2.45, 2.75) is 70.8 Å². The van der Waals surface area contributed by atoms with E-state index in [1.54, 1.807) is 0 Å². The number of nitrogens with zero attached hydrogens (tertiary/aromatic N) is 1. The van der Waals surface area contributed by atoms with Crippen molar-refractivity contribution in [3.63, 3.8) is 0 Å². The average molecular weight is 375 g/mol. The van der Waals surface area contributed by atoms with Gasteiger partial charge in [-0.2, -0.15) is 0 Å². The predicted molar refractivity (Wildman–Crippen MR) is 105 cm³/mol. The Bertz CT molecular complexity index is 689. The van der Waals surface area contributed by atoms with Gasteiger partial charge in [0.1, 0.15) is 12.4 Å². The molecule has 5 nitrogen and oxygen atoms in total. The molecule has 4 rings (SSSR count). The van der Waals surface area contributed by atoms with Gasteiger partial charge in [0.15, 0.2) is 0 Å². The molecule has 3 N–H and O–H groups in total. The molecule has 0 bridgehead atoms. The molecule has 0 aromatic rings. The Morgan fingerprint density at radius 1 is 1.26 bits per heavy atom. The van der Waals surface area contributed by atoms with E-state index in [2.05, 4.69) is 25.6 Å². The van der Waals surface area contributed by atoms with E-state index in [9.17, 15) is 9.90 Å². The van der Waals surface area contributed by atoms with E-state index in [0.29, 0.717) is 43.1 Å². The van der Waals surface area contributed by atoms with Gasteiger partial charge in [0.2, 0.25) is 0 Å². The Kier molecular flexibility index (Phi) is 4.54. The summed E-state index contributed by atoms with van der Waals surface area (Å²) in [5.41, 5.74) is 6.05. The van der Waals surface area contributed by atoms with Gasteiger partial charge >= 0.3 is 0 Å². The number of carbonyl (C=O) groups is 1. The van der Waals surface area contributed by atoms with Crippen LogP contribution in [0.2, 0.25) is 0 Å². The Labute approximate surface area is 162 Å². The Morgan fingerprint density at radius 3 is 2.78 bits per heavy atom. The van der Waals surface area contributed by atoms with E-state index in [0.717, 1.165) is 56.2 Å². The minimum Gasteiger partial charge on any atom is -0.395 e. The molecule has 150 valence electrons. The lowest BCUT2D eigenvalue weighted by Crippen LogP contribution is -2.63. The van der Waals surface area contributed by atoms with Crippen LogP contribution in [0.25, 0.3) is 0 Å². The lowest BCUT2D eigenvalue weighted by molar-refractivity contribution is -0.161. The maximum Gasteiger partial charge on any atom is 0.139 e. The van der Waals surface area contributed by atoms with Gasteiger partial charge in [-0.15, -0.1) is 0 Å². The quantitative estimate of drug-likeness (QED) is 0.451.